The molecule has 1 rings (SSSR count). The Hall–Kier alpha value is -1.68. The highest BCUT2D eigenvalue weighted by Crippen LogP contribution is 2.17. The molecular weight excluding hydrogens is 290 g/mol. The summed E-state index contributed by atoms with van der Waals surface area (Å²) >= 11 is 0. The number of anilines is 1. The van der Waals surface area contributed by atoms with Crippen LogP contribution in [0.3, 0.4) is 0 Å². The first-order valence-corrected chi connectivity index (χ1v) is 8.31. The first kappa shape index (κ1) is 19.4. The van der Waals surface area contributed by atoms with Crippen LogP contribution in [0.2, 0.25) is 0 Å². The summed E-state index contributed by atoms with van der Waals surface area (Å²) in [7, 11) is 0. The zero-order valence-corrected chi connectivity index (χ0v) is 14.9. The summed E-state index contributed by atoms with van der Waals surface area (Å²) in [5.74, 6) is 0.445. The molecule has 0 aliphatic carbocycles. The largest absolute Gasteiger partial charge is 0.383 e. The molecule has 0 aliphatic rings. The van der Waals surface area contributed by atoms with Crippen LogP contribution in [-0.2, 0) is 9.53 Å². The summed E-state index contributed by atoms with van der Waals surface area (Å²) in [6.07, 6.45) is 0.467. The van der Waals surface area contributed by atoms with Crippen LogP contribution < -0.4 is 5.32 Å². The van der Waals surface area contributed by atoms with Gasteiger partial charge in [-0.3, -0.25) is 9.59 Å². The van der Waals surface area contributed by atoms with Gasteiger partial charge < -0.3 is 10.1 Å². The summed E-state index contributed by atoms with van der Waals surface area (Å²) in [4.78, 5) is 23.6. The Morgan fingerprint density at radius 1 is 1.04 bits per heavy atom. The molecule has 1 aromatic carbocycles. The van der Waals surface area contributed by atoms with Crippen molar-refractivity contribution in [3.05, 3.63) is 29.3 Å². The van der Waals surface area contributed by atoms with Crippen LogP contribution in [0.4, 0.5) is 5.69 Å². The Morgan fingerprint density at radius 3 is 2.35 bits per heavy atom. The van der Waals surface area contributed by atoms with Crippen molar-refractivity contribution in [3.8, 4) is 0 Å². The van der Waals surface area contributed by atoms with Gasteiger partial charge in [0, 0.05) is 36.1 Å². The zero-order valence-electron chi connectivity index (χ0n) is 14.9. The summed E-state index contributed by atoms with van der Waals surface area (Å²) in [6.45, 7) is 11.2. The monoisotopic (exact) mass is 319 g/mol. The zero-order chi connectivity index (χ0) is 17.4. The van der Waals surface area contributed by atoms with Crippen LogP contribution in [0.15, 0.2) is 18.2 Å². The quantitative estimate of drug-likeness (QED) is 0.525. The second-order valence-electron chi connectivity index (χ2n) is 6.52. The van der Waals surface area contributed by atoms with E-state index in [4.69, 9.17) is 4.74 Å². The highest BCUT2D eigenvalue weighted by Gasteiger charge is 2.11. The smallest absolute Gasteiger partial charge is 0.165 e. The number of ketones is 2. The van der Waals surface area contributed by atoms with E-state index in [2.05, 4.69) is 5.32 Å². The molecule has 0 saturated carbocycles. The molecule has 0 fully saturated rings. The molecule has 0 unspecified atom stereocenters. The minimum atomic E-state index is -0.00789. The van der Waals surface area contributed by atoms with Crippen molar-refractivity contribution in [2.45, 2.75) is 41.0 Å². The third kappa shape index (κ3) is 6.95. The van der Waals surface area contributed by atoms with Crippen molar-refractivity contribution in [3.63, 3.8) is 0 Å². The highest BCUT2D eigenvalue weighted by atomic mass is 16.5. The number of aryl methyl sites for hydroxylation is 1. The number of carbonyl (C=O) groups is 2. The fourth-order valence-corrected chi connectivity index (χ4v) is 2.19. The number of benzene rings is 1. The van der Waals surface area contributed by atoms with Gasteiger partial charge in [0.1, 0.15) is 5.78 Å². The Kier molecular flexibility index (Phi) is 7.96. The molecule has 0 aromatic heterocycles. The van der Waals surface area contributed by atoms with Gasteiger partial charge in [0.25, 0.3) is 0 Å². The lowest BCUT2D eigenvalue weighted by molar-refractivity contribution is -0.122. The molecule has 0 spiro atoms. The van der Waals surface area contributed by atoms with Crippen LogP contribution in [0.5, 0.6) is 0 Å². The molecule has 128 valence electrons. The maximum absolute atomic E-state index is 12.1. The second-order valence-corrected chi connectivity index (χ2v) is 6.52. The third-order valence-electron chi connectivity index (χ3n) is 3.60. The molecule has 0 heterocycles. The SMILES string of the molecule is Cc1cc(NCCOCCC(=O)C(C)C)cc(C(=O)C(C)C)c1. The van der Waals surface area contributed by atoms with Crippen LogP contribution >= 0.6 is 0 Å². The molecular formula is C19H29NO3. The number of rotatable bonds is 10. The summed E-state index contributed by atoms with van der Waals surface area (Å²) in [5.41, 5.74) is 2.73. The molecule has 23 heavy (non-hydrogen) atoms. The number of hydrogen-bond donors (Lipinski definition) is 1. The van der Waals surface area contributed by atoms with E-state index in [9.17, 15) is 9.59 Å². The average Bonchev–Trinajstić information content (AvgIpc) is 2.48. The number of carbonyl (C=O) groups excluding carboxylic acids is 2. The minimum Gasteiger partial charge on any atom is -0.383 e. The third-order valence-corrected chi connectivity index (χ3v) is 3.60. The second kappa shape index (κ2) is 9.46. The first-order chi connectivity index (χ1) is 10.8. The van der Waals surface area contributed by atoms with Crippen LogP contribution in [0.1, 0.15) is 50.0 Å². The molecule has 0 amide bonds. The van der Waals surface area contributed by atoms with E-state index in [0.717, 1.165) is 16.8 Å². The van der Waals surface area contributed by atoms with Gasteiger partial charge in [0.2, 0.25) is 0 Å². The Morgan fingerprint density at radius 2 is 1.74 bits per heavy atom. The predicted octanol–water partition coefficient (Wildman–Crippen LogP) is 3.88. The number of ether oxygens (including phenoxy) is 1. The van der Waals surface area contributed by atoms with Crippen LogP contribution in [-0.4, -0.2) is 31.3 Å². The lowest BCUT2D eigenvalue weighted by Crippen LogP contribution is -2.14. The van der Waals surface area contributed by atoms with Gasteiger partial charge in [0.15, 0.2) is 5.78 Å². The Labute approximate surface area is 139 Å². The van der Waals surface area contributed by atoms with Crippen molar-refractivity contribution in [1.29, 1.82) is 0 Å². The average molecular weight is 319 g/mol. The van der Waals surface area contributed by atoms with Crippen molar-refractivity contribution < 1.29 is 14.3 Å². The van der Waals surface area contributed by atoms with Gasteiger partial charge in [-0.15, -0.1) is 0 Å². The van der Waals surface area contributed by atoms with E-state index in [-0.39, 0.29) is 23.4 Å². The lowest BCUT2D eigenvalue weighted by Gasteiger charge is -2.11. The van der Waals surface area contributed by atoms with E-state index in [1.54, 1.807) is 0 Å². The molecule has 4 heteroatoms. The molecule has 0 saturated heterocycles. The molecule has 1 N–H and O–H groups in total. The van der Waals surface area contributed by atoms with Gasteiger partial charge in [-0.25, -0.2) is 0 Å². The van der Waals surface area contributed by atoms with Crippen LogP contribution in [0, 0.1) is 18.8 Å². The van der Waals surface area contributed by atoms with Crippen molar-refractivity contribution >= 4 is 17.3 Å². The fraction of sp³-hybridized carbons (Fsp3) is 0.579. The van der Waals surface area contributed by atoms with E-state index >= 15 is 0 Å². The van der Waals surface area contributed by atoms with Gasteiger partial charge in [-0.2, -0.15) is 0 Å². The van der Waals surface area contributed by atoms with E-state index in [1.807, 2.05) is 52.8 Å². The topological polar surface area (TPSA) is 55.4 Å². The highest BCUT2D eigenvalue weighted by molar-refractivity contribution is 5.98. The molecule has 0 atom stereocenters. The summed E-state index contributed by atoms with van der Waals surface area (Å²) in [6, 6.07) is 5.82. The fourth-order valence-electron chi connectivity index (χ4n) is 2.19. The number of Topliss-reactive ketones (excluding diaryl/α,β-unsaturated/α-hetero) is 2. The van der Waals surface area contributed by atoms with Gasteiger partial charge in [-0.05, 0) is 30.7 Å². The molecule has 4 nitrogen and oxygen atoms in total. The normalized spacial score (nSPS) is 11.1. The van der Waals surface area contributed by atoms with Gasteiger partial charge >= 0.3 is 0 Å². The summed E-state index contributed by atoms with van der Waals surface area (Å²) < 4.78 is 5.47. The minimum absolute atomic E-state index is 0.00789. The molecule has 0 aliphatic heterocycles. The number of nitrogens with one attached hydrogen (secondary N) is 1. The molecule has 1 aromatic rings. The standard InChI is InChI=1S/C19H29NO3/c1-13(2)18(21)6-8-23-9-7-20-17-11-15(5)10-16(12-17)19(22)14(3)4/h10-14,20H,6-9H2,1-5H3. The maximum Gasteiger partial charge on any atom is 0.165 e. The van der Waals surface area contributed by atoms with Gasteiger partial charge in [-0.1, -0.05) is 27.7 Å². The molecule has 0 radical (unpaired) electrons. The van der Waals surface area contributed by atoms with Gasteiger partial charge in [0.05, 0.1) is 13.2 Å². The maximum atomic E-state index is 12.1. The summed E-state index contributed by atoms with van der Waals surface area (Å²) in [5, 5.41) is 3.27. The Balaban J connectivity index is 2.40. The van der Waals surface area contributed by atoms with E-state index < -0.39 is 0 Å². The van der Waals surface area contributed by atoms with Crippen molar-refractivity contribution in [2.24, 2.45) is 11.8 Å². The predicted molar refractivity (Wildman–Crippen MR) is 94.1 cm³/mol. The van der Waals surface area contributed by atoms with Crippen molar-refractivity contribution in [1.82, 2.24) is 0 Å². The van der Waals surface area contributed by atoms with E-state index in [1.165, 1.54) is 0 Å². The van der Waals surface area contributed by atoms with Crippen molar-refractivity contribution in [2.75, 3.05) is 25.1 Å². The van der Waals surface area contributed by atoms with E-state index in [0.29, 0.717) is 26.2 Å². The lowest BCUT2D eigenvalue weighted by atomic mass is 9.99. The Bertz CT molecular complexity index is 535. The number of hydrogen-bond acceptors (Lipinski definition) is 4. The molecule has 0 bridgehead atoms. The van der Waals surface area contributed by atoms with Crippen LogP contribution in [0.25, 0.3) is 0 Å². The first-order valence-electron chi connectivity index (χ1n) is 8.31.